The highest BCUT2D eigenvalue weighted by atomic mass is 32.2. The number of sulfonamides is 1. The van der Waals surface area contributed by atoms with Gasteiger partial charge in [-0.2, -0.15) is 4.31 Å². The minimum Gasteiger partial charge on any atom is -0.367 e. The molecule has 2 fully saturated rings. The summed E-state index contributed by atoms with van der Waals surface area (Å²) in [6.07, 6.45) is 1.74. The standard InChI is InChI=1S/C26H28N2O2S/c1-20-12-14-24(15-13-20)31(29,30)28-19-22-16-17-27(23-10-6-3-7-11-23)26(22)25(28)18-21-8-4-2-5-9-21/h2-15,22,25-26H,16-19H2,1H3/t22-,25+,26-/m1/s1. The smallest absolute Gasteiger partial charge is 0.243 e. The molecule has 5 heteroatoms. The van der Waals surface area contributed by atoms with Gasteiger partial charge in [0.05, 0.1) is 10.9 Å². The van der Waals surface area contributed by atoms with E-state index < -0.39 is 10.0 Å². The molecule has 0 amide bonds. The van der Waals surface area contributed by atoms with Gasteiger partial charge in [0, 0.05) is 24.8 Å². The Labute approximate surface area is 185 Å². The molecule has 4 nitrogen and oxygen atoms in total. The van der Waals surface area contributed by atoms with E-state index >= 15 is 0 Å². The first-order valence-corrected chi connectivity index (χ1v) is 12.4. The Morgan fingerprint density at radius 1 is 0.871 bits per heavy atom. The number of benzene rings is 3. The molecule has 2 aliphatic heterocycles. The molecule has 3 aromatic rings. The Balaban J connectivity index is 1.54. The van der Waals surface area contributed by atoms with Crippen molar-refractivity contribution in [3.8, 4) is 0 Å². The van der Waals surface area contributed by atoms with Gasteiger partial charge < -0.3 is 4.90 Å². The summed E-state index contributed by atoms with van der Waals surface area (Å²) >= 11 is 0. The molecule has 2 saturated heterocycles. The van der Waals surface area contributed by atoms with Gasteiger partial charge >= 0.3 is 0 Å². The van der Waals surface area contributed by atoms with Gasteiger partial charge in [-0.25, -0.2) is 8.42 Å². The number of para-hydroxylation sites is 1. The van der Waals surface area contributed by atoms with Gasteiger partial charge in [0.2, 0.25) is 10.0 Å². The van der Waals surface area contributed by atoms with E-state index in [1.165, 1.54) is 11.3 Å². The third kappa shape index (κ3) is 3.77. The molecule has 0 N–H and O–H groups in total. The zero-order valence-electron chi connectivity index (χ0n) is 17.8. The van der Waals surface area contributed by atoms with E-state index in [2.05, 4.69) is 41.3 Å². The number of aryl methyl sites for hydroxylation is 1. The molecule has 5 rings (SSSR count). The molecular formula is C26H28N2O2S. The van der Waals surface area contributed by atoms with E-state index in [4.69, 9.17) is 0 Å². The minimum atomic E-state index is -3.57. The summed E-state index contributed by atoms with van der Waals surface area (Å²) in [7, 11) is -3.57. The lowest BCUT2D eigenvalue weighted by molar-refractivity contribution is 0.362. The zero-order valence-corrected chi connectivity index (χ0v) is 18.6. The Morgan fingerprint density at radius 3 is 2.19 bits per heavy atom. The van der Waals surface area contributed by atoms with Crippen LogP contribution in [0.3, 0.4) is 0 Å². The maximum absolute atomic E-state index is 13.7. The number of fused-ring (bicyclic) bond motifs is 1. The summed E-state index contributed by atoms with van der Waals surface area (Å²) in [6.45, 7) is 3.54. The fourth-order valence-electron chi connectivity index (χ4n) is 5.26. The molecule has 160 valence electrons. The van der Waals surface area contributed by atoms with Crippen LogP contribution in [0.25, 0.3) is 0 Å². The molecule has 2 heterocycles. The molecule has 0 bridgehead atoms. The second-order valence-electron chi connectivity index (χ2n) is 8.71. The summed E-state index contributed by atoms with van der Waals surface area (Å²) in [5, 5.41) is 0. The van der Waals surface area contributed by atoms with E-state index in [-0.39, 0.29) is 12.1 Å². The van der Waals surface area contributed by atoms with Crippen LogP contribution in [0.5, 0.6) is 0 Å². The van der Waals surface area contributed by atoms with Crippen molar-refractivity contribution in [3.05, 3.63) is 96.1 Å². The van der Waals surface area contributed by atoms with Gasteiger partial charge in [0.25, 0.3) is 0 Å². The van der Waals surface area contributed by atoms with Gasteiger partial charge in [0.15, 0.2) is 0 Å². The average molecular weight is 433 g/mol. The quantitative estimate of drug-likeness (QED) is 0.596. The van der Waals surface area contributed by atoms with Crippen molar-refractivity contribution in [2.45, 2.75) is 36.7 Å². The molecule has 0 aromatic heterocycles. The van der Waals surface area contributed by atoms with Crippen molar-refractivity contribution in [2.24, 2.45) is 5.92 Å². The highest BCUT2D eigenvalue weighted by Gasteiger charge is 2.52. The van der Waals surface area contributed by atoms with E-state index in [0.717, 1.165) is 24.9 Å². The summed E-state index contributed by atoms with van der Waals surface area (Å²) in [6, 6.07) is 28.0. The maximum Gasteiger partial charge on any atom is 0.243 e. The number of nitrogens with zero attached hydrogens (tertiary/aromatic N) is 2. The average Bonchev–Trinajstić information content (AvgIpc) is 3.36. The van der Waals surface area contributed by atoms with Gasteiger partial charge in [-0.3, -0.25) is 0 Å². The van der Waals surface area contributed by atoms with Gasteiger partial charge in [0.1, 0.15) is 0 Å². The SMILES string of the molecule is Cc1ccc(S(=O)(=O)N2C[C@H]3CCN(c4ccccc4)[C@H]3[C@@H]2Cc2ccccc2)cc1. The topological polar surface area (TPSA) is 40.6 Å². The summed E-state index contributed by atoms with van der Waals surface area (Å²) in [4.78, 5) is 2.82. The van der Waals surface area contributed by atoms with Crippen molar-refractivity contribution in [1.82, 2.24) is 4.31 Å². The highest BCUT2D eigenvalue weighted by Crippen LogP contribution is 2.42. The third-order valence-electron chi connectivity index (χ3n) is 6.77. The number of hydrogen-bond donors (Lipinski definition) is 0. The van der Waals surface area contributed by atoms with Crippen molar-refractivity contribution in [3.63, 3.8) is 0 Å². The lowest BCUT2D eigenvalue weighted by Gasteiger charge is -2.34. The van der Waals surface area contributed by atoms with Crippen LogP contribution in [0.2, 0.25) is 0 Å². The summed E-state index contributed by atoms with van der Waals surface area (Å²) < 4.78 is 29.2. The van der Waals surface area contributed by atoms with E-state index in [1.807, 2.05) is 43.3 Å². The van der Waals surface area contributed by atoms with Crippen molar-refractivity contribution in [1.29, 1.82) is 0 Å². The molecule has 0 spiro atoms. The van der Waals surface area contributed by atoms with Crippen LogP contribution < -0.4 is 4.90 Å². The Morgan fingerprint density at radius 2 is 1.52 bits per heavy atom. The third-order valence-corrected chi connectivity index (χ3v) is 8.67. The molecular weight excluding hydrogens is 404 g/mol. The summed E-state index contributed by atoms with van der Waals surface area (Å²) in [5.41, 5.74) is 3.42. The molecule has 0 radical (unpaired) electrons. The predicted molar refractivity (Wildman–Crippen MR) is 125 cm³/mol. The van der Waals surface area contributed by atoms with Crippen molar-refractivity contribution in [2.75, 3.05) is 18.0 Å². The lowest BCUT2D eigenvalue weighted by Crippen LogP contribution is -2.47. The zero-order chi connectivity index (χ0) is 21.4. The van der Waals surface area contributed by atoms with E-state index in [0.29, 0.717) is 17.4 Å². The molecule has 3 atom stereocenters. The van der Waals surface area contributed by atoms with Crippen LogP contribution >= 0.6 is 0 Å². The number of rotatable bonds is 5. The number of hydrogen-bond acceptors (Lipinski definition) is 3. The first kappa shape index (κ1) is 20.3. The van der Waals surface area contributed by atoms with Gasteiger partial charge in [-0.15, -0.1) is 0 Å². The van der Waals surface area contributed by atoms with E-state index in [9.17, 15) is 8.42 Å². The minimum absolute atomic E-state index is 0.0959. The van der Waals surface area contributed by atoms with Crippen LogP contribution in [0.15, 0.2) is 89.8 Å². The molecule has 0 unspecified atom stereocenters. The van der Waals surface area contributed by atoms with Crippen molar-refractivity contribution < 1.29 is 8.42 Å². The normalized spacial score (nSPS) is 23.8. The highest BCUT2D eigenvalue weighted by molar-refractivity contribution is 7.89. The summed E-state index contributed by atoms with van der Waals surface area (Å²) in [5.74, 6) is 0.342. The fourth-order valence-corrected chi connectivity index (χ4v) is 6.95. The molecule has 31 heavy (non-hydrogen) atoms. The molecule has 2 aliphatic rings. The molecule has 0 aliphatic carbocycles. The van der Waals surface area contributed by atoms with Crippen LogP contribution in [0.4, 0.5) is 5.69 Å². The Kier molecular flexibility index (Phi) is 5.32. The first-order valence-electron chi connectivity index (χ1n) is 11.0. The van der Waals surface area contributed by atoms with Crippen LogP contribution in [0.1, 0.15) is 17.5 Å². The van der Waals surface area contributed by atoms with E-state index in [1.54, 1.807) is 16.4 Å². The van der Waals surface area contributed by atoms with Crippen molar-refractivity contribution >= 4 is 15.7 Å². The fraction of sp³-hybridized carbons (Fsp3) is 0.308. The molecule has 0 saturated carbocycles. The van der Waals surface area contributed by atoms with Gasteiger partial charge in [-0.1, -0.05) is 66.2 Å². The largest absolute Gasteiger partial charge is 0.367 e. The van der Waals surface area contributed by atoms with Crippen LogP contribution in [0, 0.1) is 12.8 Å². The Hall–Kier alpha value is -2.63. The number of anilines is 1. The van der Waals surface area contributed by atoms with Gasteiger partial charge in [-0.05, 0) is 55.5 Å². The van der Waals surface area contributed by atoms with Crippen LogP contribution in [-0.4, -0.2) is 37.9 Å². The van der Waals surface area contributed by atoms with Crippen LogP contribution in [-0.2, 0) is 16.4 Å². The first-order chi connectivity index (χ1) is 15.0. The second-order valence-corrected chi connectivity index (χ2v) is 10.6. The maximum atomic E-state index is 13.7. The monoisotopic (exact) mass is 432 g/mol. The second kappa shape index (κ2) is 8.13. The predicted octanol–water partition coefficient (Wildman–Crippen LogP) is 4.51. The Bertz CT molecular complexity index is 1130. The molecule has 3 aromatic carbocycles. The lowest BCUT2D eigenvalue weighted by atomic mass is 9.95.